The molecule has 0 fully saturated rings. The minimum absolute atomic E-state index is 0.244. The fraction of sp³-hybridized carbons (Fsp3) is 0.333. The Hall–Kier alpha value is -1.31. The number of halogens is 1. The summed E-state index contributed by atoms with van der Waals surface area (Å²) in [5, 5.41) is 0. The van der Waals surface area contributed by atoms with Crippen molar-refractivity contribution in [2.24, 2.45) is 0 Å². The van der Waals surface area contributed by atoms with Crippen LogP contribution in [0.5, 0.6) is 0 Å². The van der Waals surface area contributed by atoms with E-state index in [0.29, 0.717) is 5.69 Å². The maximum atomic E-state index is 13.1. The Morgan fingerprint density at radius 2 is 2.00 bits per heavy atom. The van der Waals surface area contributed by atoms with Gasteiger partial charge in [-0.15, -0.1) is 0 Å². The molecular weight excluding hydrogens is 177 g/mol. The summed E-state index contributed by atoms with van der Waals surface area (Å²) in [6.45, 7) is 0. The highest BCUT2D eigenvalue weighted by atomic mass is 19.1. The molecule has 0 amide bonds. The van der Waals surface area contributed by atoms with Gasteiger partial charge in [-0.2, -0.15) is 0 Å². The van der Waals surface area contributed by atoms with Crippen LogP contribution in [0.4, 0.5) is 10.1 Å². The quantitative estimate of drug-likeness (QED) is 0.677. The normalized spacial score (nSPS) is 16.5. The van der Waals surface area contributed by atoms with Crippen LogP contribution in [0.25, 0.3) is 5.57 Å². The van der Waals surface area contributed by atoms with Crippen LogP contribution < -0.4 is 5.73 Å². The lowest BCUT2D eigenvalue weighted by Gasteiger charge is -2.13. The van der Waals surface area contributed by atoms with E-state index in [-0.39, 0.29) is 5.82 Å². The van der Waals surface area contributed by atoms with Gasteiger partial charge in [-0.1, -0.05) is 6.08 Å². The van der Waals surface area contributed by atoms with E-state index in [1.807, 2.05) is 6.07 Å². The summed E-state index contributed by atoms with van der Waals surface area (Å²) in [6, 6.07) is 4.76. The Bertz CT molecular complexity index is 348. The molecule has 0 radical (unpaired) electrons. The number of benzene rings is 1. The first kappa shape index (κ1) is 9.25. The van der Waals surface area contributed by atoms with Crippen molar-refractivity contribution in [3.8, 4) is 0 Å². The van der Waals surface area contributed by atoms with Crippen LogP contribution in [0.1, 0.15) is 31.2 Å². The van der Waals surface area contributed by atoms with Crippen molar-refractivity contribution in [1.29, 1.82) is 0 Å². The van der Waals surface area contributed by atoms with E-state index >= 15 is 0 Å². The average Bonchev–Trinajstić information content (AvgIpc) is 2.18. The number of anilines is 1. The largest absolute Gasteiger partial charge is 0.399 e. The summed E-state index contributed by atoms with van der Waals surface area (Å²) in [5.41, 5.74) is 8.29. The van der Waals surface area contributed by atoms with Gasteiger partial charge in [0, 0.05) is 5.69 Å². The Morgan fingerprint density at radius 3 is 2.64 bits per heavy atom. The summed E-state index contributed by atoms with van der Waals surface area (Å²) < 4.78 is 13.1. The SMILES string of the molecule is Nc1cc(F)cc(C2=CCCCC2)c1. The maximum Gasteiger partial charge on any atom is 0.125 e. The molecule has 2 rings (SSSR count). The second-order valence-corrected chi connectivity index (χ2v) is 3.75. The van der Waals surface area contributed by atoms with E-state index in [1.54, 1.807) is 6.07 Å². The van der Waals surface area contributed by atoms with Crippen molar-refractivity contribution < 1.29 is 4.39 Å². The van der Waals surface area contributed by atoms with Gasteiger partial charge < -0.3 is 5.73 Å². The van der Waals surface area contributed by atoms with Crippen molar-refractivity contribution in [3.63, 3.8) is 0 Å². The van der Waals surface area contributed by atoms with Gasteiger partial charge in [-0.05, 0) is 55.0 Å². The Balaban J connectivity index is 2.35. The molecule has 1 nitrogen and oxygen atoms in total. The van der Waals surface area contributed by atoms with Gasteiger partial charge in [0.2, 0.25) is 0 Å². The number of nitrogens with two attached hydrogens (primary N) is 1. The zero-order valence-electron chi connectivity index (χ0n) is 8.09. The molecule has 0 saturated heterocycles. The highest BCUT2D eigenvalue weighted by Crippen LogP contribution is 2.28. The predicted molar refractivity (Wildman–Crippen MR) is 57.3 cm³/mol. The molecule has 0 atom stereocenters. The minimum atomic E-state index is -0.244. The Labute approximate surface area is 83.4 Å². The molecule has 14 heavy (non-hydrogen) atoms. The van der Waals surface area contributed by atoms with E-state index in [0.717, 1.165) is 18.4 Å². The number of hydrogen-bond donors (Lipinski definition) is 1. The van der Waals surface area contributed by atoms with Crippen molar-refractivity contribution in [2.45, 2.75) is 25.7 Å². The van der Waals surface area contributed by atoms with Crippen LogP contribution in [0.2, 0.25) is 0 Å². The molecule has 0 spiro atoms. The van der Waals surface area contributed by atoms with Crippen molar-refractivity contribution in [1.82, 2.24) is 0 Å². The van der Waals surface area contributed by atoms with Crippen molar-refractivity contribution in [3.05, 3.63) is 35.7 Å². The lowest BCUT2D eigenvalue weighted by molar-refractivity contribution is 0.627. The van der Waals surface area contributed by atoms with Gasteiger partial charge in [0.25, 0.3) is 0 Å². The molecule has 2 N–H and O–H groups in total. The first-order chi connectivity index (χ1) is 6.75. The highest BCUT2D eigenvalue weighted by Gasteiger charge is 2.07. The molecular formula is C12H14FN. The fourth-order valence-electron chi connectivity index (χ4n) is 1.90. The molecule has 1 aromatic rings. The van der Waals surface area contributed by atoms with Crippen molar-refractivity contribution in [2.75, 3.05) is 5.73 Å². The second kappa shape index (κ2) is 3.82. The topological polar surface area (TPSA) is 26.0 Å². The monoisotopic (exact) mass is 191 g/mol. The third-order valence-corrected chi connectivity index (χ3v) is 2.58. The first-order valence-electron chi connectivity index (χ1n) is 5.01. The molecule has 0 saturated carbocycles. The van der Waals surface area contributed by atoms with Gasteiger partial charge in [-0.25, -0.2) is 4.39 Å². The number of nitrogen functional groups attached to an aromatic ring is 1. The van der Waals surface area contributed by atoms with Crippen LogP contribution in [-0.4, -0.2) is 0 Å². The Kier molecular flexibility index (Phi) is 2.53. The van der Waals surface area contributed by atoms with Crippen LogP contribution in [0, 0.1) is 5.82 Å². The summed E-state index contributed by atoms with van der Waals surface area (Å²) in [4.78, 5) is 0. The lowest BCUT2D eigenvalue weighted by Crippen LogP contribution is -1.95. The summed E-state index contributed by atoms with van der Waals surface area (Å²) in [5.74, 6) is -0.244. The molecule has 0 unspecified atom stereocenters. The second-order valence-electron chi connectivity index (χ2n) is 3.75. The molecule has 74 valence electrons. The predicted octanol–water partition coefficient (Wildman–Crippen LogP) is 3.37. The van der Waals surface area contributed by atoms with Gasteiger partial charge in [0.1, 0.15) is 5.82 Å². The molecule has 1 aliphatic carbocycles. The van der Waals surface area contributed by atoms with E-state index < -0.39 is 0 Å². The highest BCUT2D eigenvalue weighted by molar-refractivity contribution is 5.68. The molecule has 1 aliphatic rings. The molecule has 0 aromatic heterocycles. The van der Waals surface area contributed by atoms with Gasteiger partial charge in [0.05, 0.1) is 0 Å². The molecule has 0 heterocycles. The average molecular weight is 191 g/mol. The summed E-state index contributed by atoms with van der Waals surface area (Å²) >= 11 is 0. The van der Waals surface area contributed by atoms with Gasteiger partial charge in [-0.3, -0.25) is 0 Å². The fourth-order valence-corrected chi connectivity index (χ4v) is 1.90. The van der Waals surface area contributed by atoms with Crippen molar-refractivity contribution >= 4 is 11.3 Å². The Morgan fingerprint density at radius 1 is 1.14 bits per heavy atom. The van der Waals surface area contributed by atoms with Crippen LogP contribution >= 0.6 is 0 Å². The zero-order valence-corrected chi connectivity index (χ0v) is 8.09. The standard InChI is InChI=1S/C12H14FN/c13-11-6-10(7-12(14)8-11)9-4-2-1-3-5-9/h4,6-8H,1-3,5,14H2. The maximum absolute atomic E-state index is 13.1. The van der Waals surface area contributed by atoms with Crippen LogP contribution in [-0.2, 0) is 0 Å². The number of allylic oxidation sites excluding steroid dienone is 2. The summed E-state index contributed by atoms with van der Waals surface area (Å²) in [7, 11) is 0. The number of rotatable bonds is 1. The minimum Gasteiger partial charge on any atom is -0.399 e. The first-order valence-corrected chi connectivity index (χ1v) is 5.01. The smallest absolute Gasteiger partial charge is 0.125 e. The zero-order chi connectivity index (χ0) is 9.97. The lowest BCUT2D eigenvalue weighted by atomic mass is 9.93. The molecule has 0 bridgehead atoms. The third-order valence-electron chi connectivity index (χ3n) is 2.58. The molecule has 0 aliphatic heterocycles. The van der Waals surface area contributed by atoms with Crippen LogP contribution in [0.15, 0.2) is 24.3 Å². The molecule has 2 heteroatoms. The van der Waals surface area contributed by atoms with E-state index in [9.17, 15) is 4.39 Å². The van der Waals surface area contributed by atoms with Crippen LogP contribution in [0.3, 0.4) is 0 Å². The van der Waals surface area contributed by atoms with E-state index in [4.69, 9.17) is 5.73 Å². The van der Waals surface area contributed by atoms with Gasteiger partial charge in [0.15, 0.2) is 0 Å². The van der Waals surface area contributed by atoms with E-state index in [2.05, 4.69) is 6.08 Å². The van der Waals surface area contributed by atoms with Gasteiger partial charge >= 0.3 is 0 Å². The van der Waals surface area contributed by atoms with E-state index in [1.165, 1.54) is 24.5 Å². The summed E-state index contributed by atoms with van der Waals surface area (Å²) in [6.07, 6.45) is 6.78. The number of hydrogen-bond acceptors (Lipinski definition) is 1. The third kappa shape index (κ3) is 1.95. The molecule has 1 aromatic carbocycles.